The van der Waals surface area contributed by atoms with Crippen LogP contribution in [-0.2, 0) is 14.3 Å². The summed E-state index contributed by atoms with van der Waals surface area (Å²) in [5.74, 6) is 0.889. The molecule has 0 spiro atoms. The van der Waals surface area contributed by atoms with Gasteiger partial charge in [0.15, 0.2) is 0 Å². The summed E-state index contributed by atoms with van der Waals surface area (Å²) in [6.07, 6.45) is 1.11. The summed E-state index contributed by atoms with van der Waals surface area (Å²) in [5, 5.41) is 0. The fourth-order valence-electron chi connectivity index (χ4n) is 0.280. The highest BCUT2D eigenvalue weighted by Crippen LogP contribution is 1.87. The molecule has 0 saturated carbocycles. The van der Waals surface area contributed by atoms with Crippen LogP contribution in [0.5, 0.6) is 0 Å². The van der Waals surface area contributed by atoms with E-state index in [1.165, 1.54) is 5.94 Å². The third-order valence-electron chi connectivity index (χ3n) is 0.519. The van der Waals surface area contributed by atoms with Crippen LogP contribution >= 0.6 is 0 Å². The molecular formula is C8H12O3. The van der Waals surface area contributed by atoms with Gasteiger partial charge in [-0.05, 0) is 20.4 Å². The van der Waals surface area contributed by atoms with Gasteiger partial charge in [0.25, 0.3) is 0 Å². The topological polar surface area (TPSA) is 43.4 Å². The van der Waals surface area contributed by atoms with Crippen LogP contribution in [0.25, 0.3) is 0 Å². The minimum absolute atomic E-state index is 0.0412. The van der Waals surface area contributed by atoms with Gasteiger partial charge in [-0.1, -0.05) is 6.58 Å². The second kappa shape index (κ2) is 8.66. The van der Waals surface area contributed by atoms with Gasteiger partial charge in [0.1, 0.15) is 5.94 Å². The predicted molar refractivity (Wildman–Crippen MR) is 42.7 cm³/mol. The predicted octanol–water partition coefficient (Wildman–Crippen LogP) is 1.13. The molecule has 11 heavy (non-hydrogen) atoms. The first-order valence-electron chi connectivity index (χ1n) is 3.05. The third-order valence-corrected chi connectivity index (χ3v) is 0.519. The van der Waals surface area contributed by atoms with Crippen molar-refractivity contribution in [1.82, 2.24) is 0 Å². The Morgan fingerprint density at radius 3 is 2.09 bits per heavy atom. The van der Waals surface area contributed by atoms with E-state index in [2.05, 4.69) is 17.9 Å². The largest absolute Gasteiger partial charge is 0.460 e. The first-order chi connectivity index (χ1) is 5.08. The molecule has 0 N–H and O–H groups in total. The average Bonchev–Trinajstić information content (AvgIpc) is 1.88. The maximum absolute atomic E-state index is 10.3. The van der Waals surface area contributed by atoms with Crippen molar-refractivity contribution in [2.24, 2.45) is 0 Å². The van der Waals surface area contributed by atoms with Gasteiger partial charge in [-0.3, -0.25) is 0 Å². The number of hydrogen-bond donors (Lipinski definition) is 0. The molecule has 0 aliphatic heterocycles. The Hall–Kier alpha value is -1.34. The maximum atomic E-state index is 10.3. The lowest BCUT2D eigenvalue weighted by Gasteiger charge is -2.02. The molecule has 0 radical (unpaired) electrons. The lowest BCUT2D eigenvalue weighted by atomic mass is 10.5. The molecule has 0 aromatic heterocycles. The van der Waals surface area contributed by atoms with Crippen LogP contribution in [0.2, 0.25) is 0 Å². The Morgan fingerprint density at radius 2 is 2.00 bits per heavy atom. The summed E-state index contributed by atoms with van der Waals surface area (Å²) >= 11 is 0. The first-order valence-corrected chi connectivity index (χ1v) is 3.05. The lowest BCUT2D eigenvalue weighted by molar-refractivity contribution is -0.141. The number of carbonyl (C=O) groups is 1. The fourth-order valence-corrected chi connectivity index (χ4v) is 0.280. The van der Waals surface area contributed by atoms with Crippen LogP contribution in [0.3, 0.4) is 0 Å². The highest BCUT2D eigenvalue weighted by Gasteiger charge is 1.96. The van der Waals surface area contributed by atoms with E-state index in [4.69, 9.17) is 4.79 Å². The number of rotatable bonds is 2. The molecule has 0 aromatic carbocycles. The van der Waals surface area contributed by atoms with Gasteiger partial charge in [-0.2, -0.15) is 0 Å². The van der Waals surface area contributed by atoms with Crippen molar-refractivity contribution >= 4 is 11.9 Å². The standard InChI is InChI=1S/C6H10O2.C2H2O/c1-4-6(7)8-5(2)3;1-2-3/h4-5H,1H2,2-3H3;1H2. The number of ether oxygens (including phenoxy) is 1. The van der Waals surface area contributed by atoms with Gasteiger partial charge >= 0.3 is 5.97 Å². The molecule has 3 heteroatoms. The molecule has 0 saturated heterocycles. The van der Waals surface area contributed by atoms with Crippen LogP contribution in [0.4, 0.5) is 0 Å². The maximum Gasteiger partial charge on any atom is 0.330 e. The first kappa shape index (κ1) is 12.3. The van der Waals surface area contributed by atoms with Gasteiger partial charge in [0, 0.05) is 6.08 Å². The van der Waals surface area contributed by atoms with Crippen molar-refractivity contribution < 1.29 is 14.3 Å². The van der Waals surface area contributed by atoms with E-state index < -0.39 is 0 Å². The van der Waals surface area contributed by atoms with Crippen molar-refractivity contribution in [3.8, 4) is 0 Å². The van der Waals surface area contributed by atoms with Crippen LogP contribution < -0.4 is 0 Å². The smallest absolute Gasteiger partial charge is 0.330 e. The van der Waals surface area contributed by atoms with Crippen molar-refractivity contribution in [2.75, 3.05) is 0 Å². The summed E-state index contributed by atoms with van der Waals surface area (Å²) in [5.41, 5.74) is 0. The summed E-state index contributed by atoms with van der Waals surface area (Å²) in [6.45, 7) is 9.51. The van der Waals surface area contributed by atoms with Gasteiger partial charge < -0.3 is 4.74 Å². The minimum atomic E-state index is -0.361. The number of esters is 1. The zero-order valence-electron chi connectivity index (χ0n) is 6.79. The normalized spacial score (nSPS) is 7.18. The van der Waals surface area contributed by atoms with Crippen molar-refractivity contribution in [1.29, 1.82) is 0 Å². The SMILES string of the molecule is C=C=O.C=CC(=O)OC(C)C. The Bertz CT molecular complexity index is 153. The Morgan fingerprint density at radius 1 is 1.64 bits per heavy atom. The summed E-state index contributed by atoms with van der Waals surface area (Å²) in [6, 6.07) is 0. The minimum Gasteiger partial charge on any atom is -0.460 e. The van der Waals surface area contributed by atoms with Crippen LogP contribution in [0.15, 0.2) is 19.2 Å². The molecule has 0 unspecified atom stereocenters. The van der Waals surface area contributed by atoms with E-state index in [-0.39, 0.29) is 12.1 Å². The van der Waals surface area contributed by atoms with Gasteiger partial charge in [0.05, 0.1) is 6.10 Å². The Balaban J connectivity index is 0. The van der Waals surface area contributed by atoms with E-state index in [0.29, 0.717) is 0 Å². The second-order valence-electron chi connectivity index (χ2n) is 1.83. The highest BCUT2D eigenvalue weighted by molar-refractivity contribution is 5.81. The summed E-state index contributed by atoms with van der Waals surface area (Å²) < 4.78 is 4.64. The molecule has 3 nitrogen and oxygen atoms in total. The zero-order chi connectivity index (χ0) is 9.28. The highest BCUT2D eigenvalue weighted by atomic mass is 16.5. The molecule has 0 amide bonds. The summed E-state index contributed by atoms with van der Waals surface area (Å²) in [4.78, 5) is 18.9. The second-order valence-corrected chi connectivity index (χ2v) is 1.83. The molecule has 62 valence electrons. The zero-order valence-corrected chi connectivity index (χ0v) is 6.79. The lowest BCUT2D eigenvalue weighted by Crippen LogP contribution is -2.07. The van der Waals surface area contributed by atoms with Crippen LogP contribution in [0, 0.1) is 0 Å². The molecule has 0 aliphatic rings. The van der Waals surface area contributed by atoms with Crippen molar-refractivity contribution in [3.05, 3.63) is 19.2 Å². The molecule has 0 atom stereocenters. The molecule has 0 fully saturated rings. The molecule has 0 bridgehead atoms. The van der Waals surface area contributed by atoms with E-state index >= 15 is 0 Å². The molecule has 0 rings (SSSR count). The van der Waals surface area contributed by atoms with E-state index in [9.17, 15) is 4.79 Å². The van der Waals surface area contributed by atoms with Crippen LogP contribution in [-0.4, -0.2) is 18.0 Å². The third kappa shape index (κ3) is 17.7. The van der Waals surface area contributed by atoms with Gasteiger partial charge in [-0.15, -0.1) is 0 Å². The fraction of sp³-hybridized carbons (Fsp3) is 0.375. The van der Waals surface area contributed by atoms with E-state index in [0.717, 1.165) is 6.08 Å². The van der Waals surface area contributed by atoms with Crippen molar-refractivity contribution in [3.63, 3.8) is 0 Å². The van der Waals surface area contributed by atoms with E-state index in [1.807, 2.05) is 0 Å². The van der Waals surface area contributed by atoms with Gasteiger partial charge in [0.2, 0.25) is 0 Å². The van der Waals surface area contributed by atoms with E-state index in [1.54, 1.807) is 13.8 Å². The quantitative estimate of drug-likeness (QED) is 0.342. The Labute approximate surface area is 66.4 Å². The van der Waals surface area contributed by atoms with Crippen LogP contribution in [0.1, 0.15) is 13.8 Å². The monoisotopic (exact) mass is 156 g/mol. The summed E-state index contributed by atoms with van der Waals surface area (Å²) in [7, 11) is 0. The van der Waals surface area contributed by atoms with Crippen molar-refractivity contribution in [2.45, 2.75) is 20.0 Å². The molecule has 0 heterocycles. The molecule has 0 aromatic rings. The number of hydrogen-bond acceptors (Lipinski definition) is 3. The average molecular weight is 156 g/mol. The van der Waals surface area contributed by atoms with Gasteiger partial charge in [-0.25, -0.2) is 9.59 Å². The number of carbonyl (C=O) groups excluding carboxylic acids is 2. The molecular weight excluding hydrogens is 144 g/mol. The Kier molecular flexibility index (Phi) is 9.72. The molecule has 0 aliphatic carbocycles.